The Morgan fingerprint density at radius 2 is 1.45 bits per heavy atom. The first-order valence-corrected chi connectivity index (χ1v) is 9.46. The van der Waals surface area contributed by atoms with Crippen molar-refractivity contribution in [3.05, 3.63) is 42.0 Å². The fraction of sp³-hybridized carbons (Fsp3) is 0.500. The van der Waals surface area contributed by atoms with Crippen molar-refractivity contribution in [1.82, 2.24) is 4.31 Å². The molecule has 1 atom stereocenters. The molecule has 164 valence electrons. The van der Waals surface area contributed by atoms with Crippen LogP contribution in [0.25, 0.3) is 6.08 Å². The molecule has 0 radical (unpaired) electrons. The maximum atomic E-state index is 14.0. The van der Waals surface area contributed by atoms with E-state index in [0.717, 1.165) is 6.08 Å². The Hall–Kier alpha value is -1.76. The van der Waals surface area contributed by atoms with Crippen molar-refractivity contribution in [2.75, 3.05) is 6.54 Å². The molecule has 1 unspecified atom stereocenters. The van der Waals surface area contributed by atoms with Gasteiger partial charge < -0.3 is 0 Å². The summed E-state index contributed by atoms with van der Waals surface area (Å²) < 4.78 is 142. The van der Waals surface area contributed by atoms with Crippen molar-refractivity contribution in [1.29, 1.82) is 0 Å². The summed E-state index contributed by atoms with van der Waals surface area (Å²) in [6.07, 6.45) is -4.91. The molecular weight excluding hydrogens is 441 g/mol. The Labute approximate surface area is 159 Å². The third kappa shape index (κ3) is 3.86. The van der Waals surface area contributed by atoms with Crippen LogP contribution in [0.2, 0.25) is 0 Å². The molecule has 1 aromatic carbocycles. The zero-order valence-corrected chi connectivity index (χ0v) is 15.1. The highest BCUT2D eigenvalue weighted by Gasteiger charge is 2.86. The van der Waals surface area contributed by atoms with E-state index in [9.17, 15) is 47.9 Å². The molecule has 13 heteroatoms. The molecule has 3 nitrogen and oxygen atoms in total. The summed E-state index contributed by atoms with van der Waals surface area (Å²) in [4.78, 5) is 0. The fourth-order valence-corrected chi connectivity index (χ4v) is 4.36. The maximum Gasteiger partial charge on any atom is 0.460 e. The van der Waals surface area contributed by atoms with Gasteiger partial charge in [-0.25, -0.2) is 8.42 Å². The molecule has 1 aliphatic heterocycles. The highest BCUT2D eigenvalue weighted by atomic mass is 32.2. The van der Waals surface area contributed by atoms with E-state index in [1.54, 1.807) is 30.3 Å². The molecule has 0 bridgehead atoms. The van der Waals surface area contributed by atoms with Crippen LogP contribution < -0.4 is 0 Å². The van der Waals surface area contributed by atoms with Crippen LogP contribution in [0.5, 0.6) is 0 Å². The molecule has 1 aromatic rings. The monoisotopic (exact) mass is 455 g/mol. The zero-order valence-electron chi connectivity index (χ0n) is 14.3. The topological polar surface area (TPSA) is 37.4 Å². The Morgan fingerprint density at radius 1 is 0.897 bits per heavy atom. The summed E-state index contributed by atoms with van der Waals surface area (Å²) in [6.45, 7) is -0.741. The van der Waals surface area contributed by atoms with Crippen LogP contribution in [-0.2, 0) is 10.0 Å². The van der Waals surface area contributed by atoms with E-state index in [4.69, 9.17) is 0 Å². The van der Waals surface area contributed by atoms with Gasteiger partial charge in [0.1, 0.15) is 0 Å². The summed E-state index contributed by atoms with van der Waals surface area (Å²) >= 11 is 0. The van der Waals surface area contributed by atoms with Crippen LogP contribution in [0.4, 0.5) is 39.5 Å². The minimum absolute atomic E-state index is 0.0830. The third-order valence-electron chi connectivity index (χ3n) is 4.31. The number of hydrogen-bond acceptors (Lipinski definition) is 2. The van der Waals surface area contributed by atoms with Gasteiger partial charge >= 0.3 is 23.3 Å². The molecule has 0 N–H and O–H groups in total. The lowest BCUT2D eigenvalue weighted by Gasteiger charge is -2.35. The van der Waals surface area contributed by atoms with Crippen molar-refractivity contribution in [2.45, 2.75) is 42.2 Å². The van der Waals surface area contributed by atoms with Crippen LogP contribution >= 0.6 is 0 Å². The first-order valence-electron chi connectivity index (χ1n) is 8.02. The van der Waals surface area contributed by atoms with Gasteiger partial charge in [-0.15, -0.1) is 0 Å². The molecule has 29 heavy (non-hydrogen) atoms. The van der Waals surface area contributed by atoms with E-state index < -0.39 is 45.9 Å². The molecule has 2 rings (SSSR count). The van der Waals surface area contributed by atoms with Crippen LogP contribution in [0.1, 0.15) is 18.4 Å². The molecule has 0 aromatic heterocycles. The highest BCUT2D eigenvalue weighted by molar-refractivity contribution is 7.90. The molecular formula is C16H14F9NO2S. The van der Waals surface area contributed by atoms with Crippen LogP contribution in [0, 0.1) is 0 Å². The van der Waals surface area contributed by atoms with Crippen molar-refractivity contribution in [3.63, 3.8) is 0 Å². The van der Waals surface area contributed by atoms with Gasteiger partial charge in [0, 0.05) is 12.6 Å². The standard InChI is InChI=1S/C16H14F9NO2S/c17-13(18,15(21,22)23)14(19,20)16(24,25)29(27,28)26-10-4-7-12(26)9-8-11-5-2-1-3-6-11/h1-3,5-6,8-9,12H,4,7,10H2/b9-8+. The van der Waals surface area contributed by atoms with Gasteiger partial charge in [-0.1, -0.05) is 42.5 Å². The van der Waals surface area contributed by atoms with E-state index in [2.05, 4.69) is 0 Å². The van der Waals surface area contributed by atoms with Crippen molar-refractivity contribution >= 4 is 16.1 Å². The molecule has 0 aliphatic carbocycles. The molecule has 0 spiro atoms. The van der Waals surface area contributed by atoms with Gasteiger partial charge in [-0.2, -0.15) is 43.8 Å². The second-order valence-electron chi connectivity index (χ2n) is 6.26. The fourth-order valence-electron chi connectivity index (χ4n) is 2.71. The zero-order chi connectivity index (χ0) is 22.3. The Balaban J connectivity index is 2.40. The predicted octanol–water partition coefficient (Wildman–Crippen LogP) is 4.92. The van der Waals surface area contributed by atoms with Crippen LogP contribution in [0.3, 0.4) is 0 Å². The quantitative estimate of drug-likeness (QED) is 0.572. The van der Waals surface area contributed by atoms with Gasteiger partial charge in [0.25, 0.3) is 10.0 Å². The number of halogens is 9. The number of rotatable bonds is 6. The number of hydrogen-bond donors (Lipinski definition) is 0. The molecule has 0 saturated carbocycles. The van der Waals surface area contributed by atoms with E-state index >= 15 is 0 Å². The Bertz CT molecular complexity index is 851. The average molecular weight is 455 g/mol. The molecule has 1 saturated heterocycles. The van der Waals surface area contributed by atoms with Crippen molar-refractivity contribution in [3.8, 4) is 0 Å². The lowest BCUT2D eigenvalue weighted by molar-refractivity contribution is -0.382. The van der Waals surface area contributed by atoms with Crippen molar-refractivity contribution in [2.24, 2.45) is 0 Å². The normalized spacial score (nSPS) is 20.5. The smallest absolute Gasteiger partial charge is 0.206 e. The summed E-state index contributed by atoms with van der Waals surface area (Å²) in [7, 11) is -6.57. The summed E-state index contributed by atoms with van der Waals surface area (Å²) in [5, 5.41) is -6.71. The second-order valence-corrected chi connectivity index (χ2v) is 8.19. The predicted molar refractivity (Wildman–Crippen MR) is 85.0 cm³/mol. The summed E-state index contributed by atoms with van der Waals surface area (Å²) in [6, 6.07) is 6.52. The highest BCUT2D eigenvalue weighted by Crippen LogP contribution is 2.55. The van der Waals surface area contributed by atoms with Gasteiger partial charge in [0.15, 0.2) is 0 Å². The Morgan fingerprint density at radius 3 is 1.97 bits per heavy atom. The second kappa shape index (κ2) is 7.49. The van der Waals surface area contributed by atoms with Gasteiger partial charge in [-0.05, 0) is 18.4 Å². The average Bonchev–Trinajstić information content (AvgIpc) is 3.08. The first-order chi connectivity index (χ1) is 13.1. The Kier molecular flexibility index (Phi) is 6.07. The lowest BCUT2D eigenvalue weighted by Crippen LogP contribution is -2.65. The first kappa shape index (κ1) is 23.5. The van der Waals surface area contributed by atoms with Gasteiger partial charge in [0.05, 0.1) is 0 Å². The van der Waals surface area contributed by atoms with E-state index in [0.29, 0.717) is 5.56 Å². The largest absolute Gasteiger partial charge is 0.460 e. The number of alkyl halides is 9. The van der Waals surface area contributed by atoms with Gasteiger partial charge in [0.2, 0.25) is 0 Å². The minimum atomic E-state index is -7.27. The number of benzene rings is 1. The minimum Gasteiger partial charge on any atom is -0.206 e. The van der Waals surface area contributed by atoms with Crippen LogP contribution in [0.15, 0.2) is 36.4 Å². The number of sulfonamides is 1. The summed E-state index contributed by atoms with van der Waals surface area (Å²) in [5.74, 6) is -14.5. The third-order valence-corrected chi connectivity index (χ3v) is 6.28. The summed E-state index contributed by atoms with van der Waals surface area (Å²) in [5.41, 5.74) is 0.498. The van der Waals surface area contributed by atoms with Crippen molar-refractivity contribution < 1.29 is 47.9 Å². The maximum absolute atomic E-state index is 14.0. The molecule has 1 fully saturated rings. The SMILES string of the molecule is O=S(=O)(N1CCCC1/C=C/c1ccccc1)C(F)(F)C(F)(F)C(F)(F)C(F)(F)F. The molecule has 0 amide bonds. The van der Waals surface area contributed by atoms with E-state index in [-0.39, 0.29) is 17.1 Å². The van der Waals surface area contributed by atoms with E-state index in [1.807, 2.05) is 0 Å². The number of nitrogens with zero attached hydrogens (tertiary/aromatic N) is 1. The van der Waals surface area contributed by atoms with Crippen LogP contribution in [-0.4, -0.2) is 48.6 Å². The molecule has 1 aliphatic rings. The molecule has 1 heterocycles. The lowest BCUT2D eigenvalue weighted by atomic mass is 10.1. The van der Waals surface area contributed by atoms with Gasteiger partial charge in [-0.3, -0.25) is 0 Å². The van der Waals surface area contributed by atoms with E-state index in [1.165, 1.54) is 6.08 Å².